The zero-order valence-electron chi connectivity index (χ0n) is 10.6. The predicted molar refractivity (Wildman–Crippen MR) is 76.3 cm³/mol. The number of benzene rings is 1. The van der Waals surface area contributed by atoms with Crippen LogP contribution in [0.5, 0.6) is 11.5 Å². The molecule has 1 heterocycles. The second-order valence-corrected chi connectivity index (χ2v) is 4.70. The largest absolute Gasteiger partial charge is 0.493 e. The summed E-state index contributed by atoms with van der Waals surface area (Å²) < 4.78 is 16.2. The molecule has 1 atom stereocenters. The fraction of sp³-hybridized carbons (Fsp3) is 0.417. The third-order valence-corrected chi connectivity index (χ3v) is 3.50. The van der Waals surface area contributed by atoms with Crippen LogP contribution in [0.2, 0.25) is 0 Å². The maximum atomic E-state index is 11.2. The average molecular weight is 353 g/mol. The molecule has 0 radical (unpaired) electrons. The van der Waals surface area contributed by atoms with Crippen molar-refractivity contribution in [3.05, 3.63) is 22.2 Å². The van der Waals surface area contributed by atoms with Gasteiger partial charge in [-0.15, -0.1) is 12.4 Å². The van der Waals surface area contributed by atoms with Gasteiger partial charge in [-0.3, -0.25) is 0 Å². The summed E-state index contributed by atoms with van der Waals surface area (Å²) in [5.41, 5.74) is 0.948. The number of nitrogens with one attached hydrogen (secondary N) is 1. The Bertz CT molecular complexity index is 469. The first kappa shape index (κ1) is 15.9. The van der Waals surface area contributed by atoms with Crippen molar-refractivity contribution < 1.29 is 19.0 Å². The van der Waals surface area contributed by atoms with E-state index in [1.807, 2.05) is 12.1 Å². The van der Waals surface area contributed by atoms with Gasteiger partial charge in [0.25, 0.3) is 0 Å². The number of methoxy groups -OCH3 is 2. The van der Waals surface area contributed by atoms with E-state index < -0.39 is 6.09 Å². The molecule has 0 spiro atoms. The lowest BCUT2D eigenvalue weighted by Crippen LogP contribution is -2.35. The second-order valence-electron chi connectivity index (χ2n) is 3.85. The first-order valence-electron chi connectivity index (χ1n) is 5.50. The van der Waals surface area contributed by atoms with Crippen molar-refractivity contribution in [2.24, 2.45) is 0 Å². The molecule has 1 aromatic carbocycles. The second kappa shape index (κ2) is 6.86. The van der Waals surface area contributed by atoms with Crippen LogP contribution in [0, 0.1) is 0 Å². The zero-order chi connectivity index (χ0) is 13.1. The summed E-state index contributed by atoms with van der Waals surface area (Å²) in [6, 6.07) is 3.61. The van der Waals surface area contributed by atoms with E-state index in [9.17, 15) is 4.79 Å². The lowest BCUT2D eigenvalue weighted by atomic mass is 10.0. The molecule has 1 aliphatic heterocycles. The molecule has 1 fully saturated rings. The maximum absolute atomic E-state index is 11.2. The molecule has 0 saturated carbocycles. The van der Waals surface area contributed by atoms with Crippen LogP contribution in [-0.4, -0.2) is 26.9 Å². The Morgan fingerprint density at radius 2 is 1.95 bits per heavy atom. The molecule has 19 heavy (non-hydrogen) atoms. The number of carbonyl (C=O) groups excluding carboxylic acids is 1. The summed E-state index contributed by atoms with van der Waals surface area (Å²) in [4.78, 5) is 11.2. The Morgan fingerprint density at radius 3 is 2.53 bits per heavy atom. The summed E-state index contributed by atoms with van der Waals surface area (Å²) in [6.07, 6.45) is 0.327. The minimum atomic E-state index is -0.395. The van der Waals surface area contributed by atoms with Crippen molar-refractivity contribution in [3.63, 3.8) is 0 Å². The van der Waals surface area contributed by atoms with Crippen LogP contribution in [0.4, 0.5) is 4.79 Å². The van der Waals surface area contributed by atoms with Gasteiger partial charge in [-0.2, -0.15) is 0 Å². The number of rotatable bonds is 3. The fourth-order valence-electron chi connectivity index (χ4n) is 1.90. The molecule has 0 bridgehead atoms. The monoisotopic (exact) mass is 351 g/mol. The molecule has 1 aliphatic rings. The van der Waals surface area contributed by atoms with E-state index in [-0.39, 0.29) is 18.4 Å². The van der Waals surface area contributed by atoms with Gasteiger partial charge >= 0.3 is 6.09 Å². The minimum Gasteiger partial charge on any atom is -0.493 e. The molecule has 1 saturated heterocycles. The summed E-state index contributed by atoms with van der Waals surface area (Å²) in [5.74, 6) is 1.28. The van der Waals surface area contributed by atoms with E-state index in [0.29, 0.717) is 18.1 Å². The van der Waals surface area contributed by atoms with Crippen molar-refractivity contribution in [2.75, 3.05) is 20.8 Å². The number of ether oxygens (including phenoxy) is 3. The quantitative estimate of drug-likeness (QED) is 0.908. The maximum Gasteiger partial charge on any atom is 0.407 e. The van der Waals surface area contributed by atoms with Crippen LogP contribution in [0.1, 0.15) is 18.0 Å². The van der Waals surface area contributed by atoms with E-state index in [1.165, 1.54) is 0 Å². The van der Waals surface area contributed by atoms with Crippen LogP contribution in [-0.2, 0) is 4.74 Å². The normalized spacial score (nSPS) is 17.8. The molecule has 7 heteroatoms. The van der Waals surface area contributed by atoms with Crippen LogP contribution in [0.15, 0.2) is 16.6 Å². The lowest BCUT2D eigenvalue weighted by molar-refractivity contribution is 0.115. The molecule has 0 unspecified atom stereocenters. The number of cyclic esters (lactones) is 1. The van der Waals surface area contributed by atoms with Crippen LogP contribution in [0.3, 0.4) is 0 Å². The van der Waals surface area contributed by atoms with Crippen molar-refractivity contribution >= 4 is 34.4 Å². The van der Waals surface area contributed by atoms with Crippen LogP contribution < -0.4 is 14.8 Å². The van der Waals surface area contributed by atoms with E-state index in [2.05, 4.69) is 21.2 Å². The Kier molecular flexibility index (Phi) is 5.75. The first-order valence-corrected chi connectivity index (χ1v) is 6.29. The number of carbonyl (C=O) groups is 1. The molecular weight excluding hydrogens is 337 g/mol. The number of halogens is 2. The molecule has 5 nitrogen and oxygen atoms in total. The summed E-state index contributed by atoms with van der Waals surface area (Å²) in [6.45, 7) is 0.414. The fourth-order valence-corrected chi connectivity index (χ4v) is 2.49. The standard InChI is InChI=1S/C12H14BrNO4.ClH/c1-16-10-5-7(8(13)6-11(10)17-2)9-3-4-18-12(15)14-9;/h5-6,9H,3-4H2,1-2H3,(H,14,15);1H/t9-;/m0./s1. The highest BCUT2D eigenvalue weighted by Crippen LogP contribution is 2.37. The van der Waals surface area contributed by atoms with Crippen LogP contribution in [0.25, 0.3) is 0 Å². The Hall–Kier alpha value is -1.14. The molecule has 1 aromatic rings. The van der Waals surface area contributed by atoms with E-state index in [0.717, 1.165) is 16.5 Å². The zero-order valence-corrected chi connectivity index (χ0v) is 13.0. The van der Waals surface area contributed by atoms with E-state index in [1.54, 1.807) is 14.2 Å². The smallest absolute Gasteiger partial charge is 0.407 e. The highest BCUT2D eigenvalue weighted by atomic mass is 79.9. The highest BCUT2D eigenvalue weighted by Gasteiger charge is 2.24. The van der Waals surface area contributed by atoms with Gasteiger partial charge in [-0.05, 0) is 17.7 Å². The van der Waals surface area contributed by atoms with Gasteiger partial charge in [0, 0.05) is 10.9 Å². The number of hydrogen-bond acceptors (Lipinski definition) is 4. The molecule has 1 amide bonds. The summed E-state index contributed by atoms with van der Waals surface area (Å²) >= 11 is 3.48. The van der Waals surface area contributed by atoms with Gasteiger partial charge < -0.3 is 19.5 Å². The number of hydrogen-bond donors (Lipinski definition) is 1. The Labute approximate surface area is 126 Å². The molecule has 0 aromatic heterocycles. The van der Waals surface area contributed by atoms with Gasteiger partial charge in [0.1, 0.15) is 0 Å². The van der Waals surface area contributed by atoms with Gasteiger partial charge in [0.2, 0.25) is 0 Å². The SMILES string of the molecule is COc1cc(Br)c([C@@H]2CCOC(=O)N2)cc1OC.Cl. The van der Waals surface area contributed by atoms with Crippen molar-refractivity contribution in [2.45, 2.75) is 12.5 Å². The van der Waals surface area contributed by atoms with Crippen molar-refractivity contribution in [3.8, 4) is 11.5 Å². The molecule has 1 N–H and O–H groups in total. The van der Waals surface area contributed by atoms with Gasteiger partial charge in [-0.1, -0.05) is 15.9 Å². The summed E-state index contributed by atoms with van der Waals surface area (Å²) in [7, 11) is 3.16. The van der Waals surface area contributed by atoms with Crippen molar-refractivity contribution in [1.29, 1.82) is 0 Å². The predicted octanol–water partition coefficient (Wildman–Crippen LogP) is 3.06. The number of alkyl carbamates (subject to hydrolysis) is 1. The van der Waals surface area contributed by atoms with E-state index >= 15 is 0 Å². The molecule has 2 rings (SSSR count). The molecule has 0 aliphatic carbocycles. The highest BCUT2D eigenvalue weighted by molar-refractivity contribution is 9.10. The van der Waals surface area contributed by atoms with Crippen molar-refractivity contribution in [1.82, 2.24) is 5.32 Å². The Morgan fingerprint density at radius 1 is 1.32 bits per heavy atom. The summed E-state index contributed by atoms with van der Waals surface area (Å²) in [5, 5.41) is 2.77. The third-order valence-electron chi connectivity index (χ3n) is 2.81. The topological polar surface area (TPSA) is 56.8 Å². The minimum absolute atomic E-state index is 0. The number of amides is 1. The van der Waals surface area contributed by atoms with E-state index in [4.69, 9.17) is 14.2 Å². The van der Waals surface area contributed by atoms with Gasteiger partial charge in [-0.25, -0.2) is 4.79 Å². The van der Waals surface area contributed by atoms with Crippen LogP contribution >= 0.6 is 28.3 Å². The first-order chi connectivity index (χ1) is 8.65. The van der Waals surface area contributed by atoms with Gasteiger partial charge in [0.15, 0.2) is 11.5 Å². The van der Waals surface area contributed by atoms with Gasteiger partial charge in [0.05, 0.1) is 26.9 Å². The molecular formula is C12H15BrClNO4. The lowest BCUT2D eigenvalue weighted by Gasteiger charge is -2.25. The average Bonchev–Trinajstić information content (AvgIpc) is 2.38. The molecule has 106 valence electrons. The Balaban J connectivity index is 0.00000180. The third kappa shape index (κ3) is 3.45.